The SMILES string of the molecule is CCNC(c1cc(F)ccc1F)C1CCC(CC)C1. The maximum Gasteiger partial charge on any atom is 0.128 e. The van der Waals surface area contributed by atoms with E-state index in [0.29, 0.717) is 11.5 Å². The van der Waals surface area contributed by atoms with Crippen LogP contribution in [0, 0.1) is 23.5 Å². The van der Waals surface area contributed by atoms with Crippen LogP contribution in [-0.2, 0) is 0 Å². The number of halogens is 2. The second-order valence-corrected chi connectivity index (χ2v) is 5.55. The van der Waals surface area contributed by atoms with Crippen molar-refractivity contribution in [3.8, 4) is 0 Å². The van der Waals surface area contributed by atoms with Crippen molar-refractivity contribution >= 4 is 0 Å². The van der Waals surface area contributed by atoms with Crippen LogP contribution < -0.4 is 5.32 Å². The molecular weight excluding hydrogens is 244 g/mol. The fourth-order valence-electron chi connectivity index (χ4n) is 3.29. The summed E-state index contributed by atoms with van der Waals surface area (Å²) in [5.41, 5.74) is 0.489. The lowest BCUT2D eigenvalue weighted by Gasteiger charge is -2.25. The van der Waals surface area contributed by atoms with Gasteiger partial charge in [0, 0.05) is 11.6 Å². The first-order valence-corrected chi connectivity index (χ1v) is 7.34. The molecule has 19 heavy (non-hydrogen) atoms. The summed E-state index contributed by atoms with van der Waals surface area (Å²) in [5.74, 6) is 0.501. The van der Waals surface area contributed by atoms with E-state index >= 15 is 0 Å². The molecule has 0 amide bonds. The first-order valence-electron chi connectivity index (χ1n) is 7.34. The van der Waals surface area contributed by atoms with Gasteiger partial charge in [0.25, 0.3) is 0 Å². The monoisotopic (exact) mass is 267 g/mol. The summed E-state index contributed by atoms with van der Waals surface area (Å²) >= 11 is 0. The van der Waals surface area contributed by atoms with Crippen LogP contribution in [0.3, 0.4) is 0 Å². The van der Waals surface area contributed by atoms with Gasteiger partial charge in [-0.1, -0.05) is 26.7 Å². The third-order valence-electron chi connectivity index (χ3n) is 4.35. The summed E-state index contributed by atoms with van der Waals surface area (Å²) in [7, 11) is 0. The molecule has 0 aromatic heterocycles. The molecule has 1 aromatic rings. The molecule has 1 nitrogen and oxygen atoms in total. The fraction of sp³-hybridized carbons (Fsp3) is 0.625. The van der Waals surface area contributed by atoms with E-state index in [0.717, 1.165) is 25.3 Å². The normalized spacial score (nSPS) is 24.6. The Balaban J connectivity index is 2.22. The summed E-state index contributed by atoms with van der Waals surface area (Å²) in [6.07, 6.45) is 4.61. The number of rotatable bonds is 5. The molecule has 0 radical (unpaired) electrons. The van der Waals surface area contributed by atoms with Crippen LogP contribution in [0.25, 0.3) is 0 Å². The minimum Gasteiger partial charge on any atom is -0.310 e. The molecule has 1 N–H and O–H groups in total. The largest absolute Gasteiger partial charge is 0.310 e. The van der Waals surface area contributed by atoms with Crippen molar-refractivity contribution in [1.82, 2.24) is 5.32 Å². The molecule has 1 fully saturated rings. The molecule has 3 unspecified atom stereocenters. The van der Waals surface area contributed by atoms with Crippen LogP contribution >= 0.6 is 0 Å². The van der Waals surface area contributed by atoms with Gasteiger partial charge in [-0.15, -0.1) is 0 Å². The van der Waals surface area contributed by atoms with Crippen LogP contribution in [-0.4, -0.2) is 6.54 Å². The average Bonchev–Trinajstić information content (AvgIpc) is 2.88. The Morgan fingerprint density at radius 3 is 2.68 bits per heavy atom. The van der Waals surface area contributed by atoms with Crippen LogP contribution in [0.1, 0.15) is 51.1 Å². The highest BCUT2D eigenvalue weighted by Crippen LogP contribution is 2.41. The molecule has 1 saturated carbocycles. The number of hydrogen-bond donors (Lipinski definition) is 1. The Labute approximate surface area is 114 Å². The van der Waals surface area contributed by atoms with Gasteiger partial charge in [-0.05, 0) is 49.4 Å². The molecule has 2 rings (SSSR count). The van der Waals surface area contributed by atoms with Gasteiger partial charge < -0.3 is 5.32 Å². The first kappa shape index (κ1) is 14.4. The zero-order valence-electron chi connectivity index (χ0n) is 11.8. The van der Waals surface area contributed by atoms with E-state index in [4.69, 9.17) is 0 Å². The first-order chi connectivity index (χ1) is 9.15. The third-order valence-corrected chi connectivity index (χ3v) is 4.35. The quantitative estimate of drug-likeness (QED) is 0.831. The molecule has 0 saturated heterocycles. The van der Waals surface area contributed by atoms with Crippen LogP contribution in [0.2, 0.25) is 0 Å². The van der Waals surface area contributed by atoms with E-state index in [1.807, 2.05) is 6.92 Å². The van der Waals surface area contributed by atoms with E-state index in [-0.39, 0.29) is 17.7 Å². The maximum absolute atomic E-state index is 14.0. The lowest BCUT2D eigenvalue weighted by atomic mass is 9.90. The van der Waals surface area contributed by atoms with Crippen molar-refractivity contribution in [1.29, 1.82) is 0 Å². The minimum atomic E-state index is -0.357. The second-order valence-electron chi connectivity index (χ2n) is 5.55. The average molecular weight is 267 g/mol. The van der Waals surface area contributed by atoms with Crippen LogP contribution in [0.5, 0.6) is 0 Å². The summed E-state index contributed by atoms with van der Waals surface area (Å²) in [6, 6.07) is 3.71. The van der Waals surface area contributed by atoms with Gasteiger partial charge in [-0.3, -0.25) is 0 Å². The molecular formula is C16H23F2N. The Hall–Kier alpha value is -0.960. The number of hydrogen-bond acceptors (Lipinski definition) is 1. The highest BCUT2D eigenvalue weighted by atomic mass is 19.1. The standard InChI is InChI=1S/C16H23F2N/c1-3-11-5-6-12(9-11)16(19-4-2)14-10-13(17)7-8-15(14)18/h7-8,10-12,16,19H,3-6,9H2,1-2H3. The van der Waals surface area contributed by atoms with Crippen molar-refractivity contribution in [2.75, 3.05) is 6.54 Å². The van der Waals surface area contributed by atoms with Crippen molar-refractivity contribution in [3.05, 3.63) is 35.4 Å². The van der Waals surface area contributed by atoms with E-state index in [2.05, 4.69) is 12.2 Å². The van der Waals surface area contributed by atoms with Gasteiger partial charge >= 0.3 is 0 Å². The van der Waals surface area contributed by atoms with Crippen molar-refractivity contribution in [2.24, 2.45) is 11.8 Å². The predicted molar refractivity (Wildman–Crippen MR) is 73.9 cm³/mol. The molecule has 1 aromatic carbocycles. The lowest BCUT2D eigenvalue weighted by Crippen LogP contribution is -2.28. The highest BCUT2D eigenvalue weighted by Gasteiger charge is 2.31. The van der Waals surface area contributed by atoms with Crippen molar-refractivity contribution in [3.63, 3.8) is 0 Å². The van der Waals surface area contributed by atoms with Gasteiger partial charge in [-0.25, -0.2) is 8.78 Å². The molecule has 3 heteroatoms. The number of benzene rings is 1. The lowest BCUT2D eigenvalue weighted by molar-refractivity contribution is 0.348. The zero-order valence-corrected chi connectivity index (χ0v) is 11.8. The molecule has 1 aliphatic carbocycles. The molecule has 0 aliphatic heterocycles. The summed E-state index contributed by atoms with van der Waals surface area (Å²) in [4.78, 5) is 0. The molecule has 3 atom stereocenters. The minimum absolute atomic E-state index is 0.0581. The van der Waals surface area contributed by atoms with E-state index in [1.54, 1.807) is 0 Å². The van der Waals surface area contributed by atoms with E-state index < -0.39 is 0 Å². The van der Waals surface area contributed by atoms with Crippen molar-refractivity contribution in [2.45, 2.75) is 45.6 Å². The topological polar surface area (TPSA) is 12.0 Å². The predicted octanol–water partition coefficient (Wildman–Crippen LogP) is 4.44. The van der Waals surface area contributed by atoms with Gasteiger partial charge in [0.05, 0.1) is 0 Å². The molecule has 1 aliphatic rings. The summed E-state index contributed by atoms with van der Waals surface area (Å²) < 4.78 is 27.4. The highest BCUT2D eigenvalue weighted by molar-refractivity contribution is 5.23. The van der Waals surface area contributed by atoms with Crippen LogP contribution in [0.4, 0.5) is 8.78 Å². The Morgan fingerprint density at radius 1 is 1.26 bits per heavy atom. The Kier molecular flexibility index (Phi) is 4.92. The zero-order chi connectivity index (χ0) is 13.8. The Morgan fingerprint density at radius 2 is 2.05 bits per heavy atom. The van der Waals surface area contributed by atoms with Gasteiger partial charge in [0.1, 0.15) is 11.6 Å². The molecule has 106 valence electrons. The molecule has 0 bridgehead atoms. The van der Waals surface area contributed by atoms with Crippen LogP contribution in [0.15, 0.2) is 18.2 Å². The second kappa shape index (κ2) is 6.47. The molecule has 0 spiro atoms. The third kappa shape index (κ3) is 3.33. The smallest absolute Gasteiger partial charge is 0.128 e. The Bertz CT molecular complexity index is 419. The van der Waals surface area contributed by atoms with E-state index in [9.17, 15) is 8.78 Å². The summed E-state index contributed by atoms with van der Waals surface area (Å²) in [5, 5.41) is 3.35. The fourth-order valence-corrected chi connectivity index (χ4v) is 3.29. The van der Waals surface area contributed by atoms with Crippen molar-refractivity contribution < 1.29 is 8.78 Å². The van der Waals surface area contributed by atoms with Gasteiger partial charge in [-0.2, -0.15) is 0 Å². The van der Waals surface area contributed by atoms with Gasteiger partial charge in [0.15, 0.2) is 0 Å². The van der Waals surface area contributed by atoms with Gasteiger partial charge in [0.2, 0.25) is 0 Å². The number of nitrogens with one attached hydrogen (secondary N) is 1. The van der Waals surface area contributed by atoms with E-state index in [1.165, 1.54) is 31.0 Å². The summed E-state index contributed by atoms with van der Waals surface area (Å²) in [6.45, 7) is 4.99. The maximum atomic E-state index is 14.0. The molecule has 0 heterocycles.